The van der Waals surface area contributed by atoms with Crippen molar-refractivity contribution in [1.29, 1.82) is 0 Å². The number of allylic oxidation sites excluding steroid dienone is 1. The second-order valence-electron chi connectivity index (χ2n) is 6.29. The molecule has 2 heteroatoms. The summed E-state index contributed by atoms with van der Waals surface area (Å²) < 4.78 is 6.17. The van der Waals surface area contributed by atoms with E-state index in [9.17, 15) is 4.79 Å². The third-order valence-corrected chi connectivity index (χ3v) is 4.19. The zero-order valence-electron chi connectivity index (χ0n) is 12.9. The first-order chi connectivity index (χ1) is 9.44. The van der Waals surface area contributed by atoms with Crippen LogP contribution in [-0.2, 0) is 0 Å². The smallest absolute Gasteiger partial charge is 0.160 e. The summed E-state index contributed by atoms with van der Waals surface area (Å²) >= 11 is 0. The van der Waals surface area contributed by atoms with Crippen LogP contribution in [0, 0.1) is 5.41 Å². The molecule has 0 heterocycles. The monoisotopic (exact) mass is 272 g/mol. The SMILES string of the molecule is C/C=C\c1cc(OC2CCCC2(C)C)ccc1C(C)=O. The molecule has 2 nitrogen and oxygen atoms in total. The van der Waals surface area contributed by atoms with Crippen molar-refractivity contribution >= 4 is 11.9 Å². The fraction of sp³-hybridized carbons (Fsp3) is 0.500. The normalized spacial score (nSPS) is 21.3. The number of carbonyl (C=O) groups is 1. The number of hydrogen-bond donors (Lipinski definition) is 0. The molecule has 0 aliphatic heterocycles. The van der Waals surface area contributed by atoms with Crippen LogP contribution in [0.4, 0.5) is 0 Å². The van der Waals surface area contributed by atoms with Crippen LogP contribution >= 0.6 is 0 Å². The van der Waals surface area contributed by atoms with Gasteiger partial charge >= 0.3 is 0 Å². The van der Waals surface area contributed by atoms with Crippen LogP contribution in [0.5, 0.6) is 5.75 Å². The van der Waals surface area contributed by atoms with Crippen molar-refractivity contribution in [3.05, 3.63) is 35.4 Å². The maximum absolute atomic E-state index is 11.6. The van der Waals surface area contributed by atoms with Gasteiger partial charge in [0, 0.05) is 11.0 Å². The lowest BCUT2D eigenvalue weighted by Gasteiger charge is -2.27. The molecule has 0 bridgehead atoms. The number of benzene rings is 1. The molecule has 108 valence electrons. The van der Waals surface area contributed by atoms with E-state index in [0.29, 0.717) is 0 Å². The number of Topliss-reactive ketones (excluding diaryl/α,β-unsaturated/α-hetero) is 1. The van der Waals surface area contributed by atoms with E-state index in [1.54, 1.807) is 6.92 Å². The van der Waals surface area contributed by atoms with Gasteiger partial charge in [0.15, 0.2) is 5.78 Å². The number of hydrogen-bond acceptors (Lipinski definition) is 2. The van der Waals surface area contributed by atoms with E-state index >= 15 is 0 Å². The third-order valence-electron chi connectivity index (χ3n) is 4.19. The first-order valence-corrected chi connectivity index (χ1v) is 7.38. The van der Waals surface area contributed by atoms with Crippen molar-refractivity contribution < 1.29 is 9.53 Å². The van der Waals surface area contributed by atoms with Crippen LogP contribution in [0.2, 0.25) is 0 Å². The summed E-state index contributed by atoms with van der Waals surface area (Å²) in [4.78, 5) is 11.6. The highest BCUT2D eigenvalue weighted by Gasteiger charge is 2.36. The van der Waals surface area contributed by atoms with Crippen LogP contribution in [0.1, 0.15) is 62.9 Å². The summed E-state index contributed by atoms with van der Waals surface area (Å²) in [7, 11) is 0. The first kappa shape index (κ1) is 14.8. The fourth-order valence-electron chi connectivity index (χ4n) is 2.93. The number of ether oxygens (including phenoxy) is 1. The predicted octanol–water partition coefficient (Wildman–Crippen LogP) is 4.88. The van der Waals surface area contributed by atoms with Gasteiger partial charge in [-0.3, -0.25) is 4.79 Å². The van der Waals surface area contributed by atoms with Gasteiger partial charge in [-0.25, -0.2) is 0 Å². The molecule has 1 aliphatic carbocycles. The largest absolute Gasteiger partial charge is 0.490 e. The van der Waals surface area contributed by atoms with Gasteiger partial charge < -0.3 is 4.74 Å². The third kappa shape index (κ3) is 3.12. The van der Waals surface area contributed by atoms with Crippen LogP contribution in [0.3, 0.4) is 0 Å². The molecule has 0 saturated heterocycles. The molecule has 1 aliphatic rings. The Hall–Kier alpha value is -1.57. The van der Waals surface area contributed by atoms with Gasteiger partial charge in [0.1, 0.15) is 11.9 Å². The van der Waals surface area contributed by atoms with Crippen LogP contribution in [-0.4, -0.2) is 11.9 Å². The second kappa shape index (κ2) is 5.82. The molecule has 1 saturated carbocycles. The number of carbonyl (C=O) groups excluding carboxylic acids is 1. The van der Waals surface area contributed by atoms with E-state index in [-0.39, 0.29) is 17.3 Å². The minimum Gasteiger partial charge on any atom is -0.490 e. The average molecular weight is 272 g/mol. The fourth-order valence-corrected chi connectivity index (χ4v) is 2.93. The minimum atomic E-state index is 0.0887. The summed E-state index contributed by atoms with van der Waals surface area (Å²) in [5.41, 5.74) is 1.93. The highest BCUT2D eigenvalue weighted by Crippen LogP contribution is 2.40. The topological polar surface area (TPSA) is 26.3 Å². The highest BCUT2D eigenvalue weighted by atomic mass is 16.5. The predicted molar refractivity (Wildman–Crippen MR) is 83.2 cm³/mol. The Bertz CT molecular complexity index is 526. The maximum Gasteiger partial charge on any atom is 0.160 e. The van der Waals surface area contributed by atoms with Gasteiger partial charge in [0.2, 0.25) is 0 Å². The van der Waals surface area contributed by atoms with E-state index in [1.807, 2.05) is 37.3 Å². The molecule has 0 spiro atoms. The maximum atomic E-state index is 11.6. The van der Waals surface area contributed by atoms with E-state index in [1.165, 1.54) is 12.8 Å². The molecule has 0 radical (unpaired) electrons. The standard InChI is InChI=1S/C18H24O2/c1-5-7-14-12-15(9-10-16(14)13(2)19)20-17-8-6-11-18(17,3)4/h5,7,9-10,12,17H,6,8,11H2,1-4H3/b7-5-. The quantitative estimate of drug-likeness (QED) is 0.730. The molecule has 1 atom stereocenters. The highest BCUT2D eigenvalue weighted by molar-refractivity contribution is 5.97. The molecule has 1 unspecified atom stereocenters. The van der Waals surface area contributed by atoms with Gasteiger partial charge in [-0.15, -0.1) is 0 Å². The van der Waals surface area contributed by atoms with Crippen molar-refractivity contribution in [1.82, 2.24) is 0 Å². The zero-order chi connectivity index (χ0) is 14.8. The van der Waals surface area contributed by atoms with Gasteiger partial charge in [-0.2, -0.15) is 0 Å². The van der Waals surface area contributed by atoms with Crippen LogP contribution in [0.15, 0.2) is 24.3 Å². The summed E-state index contributed by atoms with van der Waals surface area (Å²) in [6.07, 6.45) is 7.73. The molecular weight excluding hydrogens is 248 g/mol. The molecule has 2 rings (SSSR count). The lowest BCUT2D eigenvalue weighted by atomic mass is 9.89. The number of ketones is 1. The lowest BCUT2D eigenvalue weighted by molar-refractivity contribution is 0.101. The van der Waals surface area contributed by atoms with Crippen LogP contribution in [0.25, 0.3) is 6.08 Å². The summed E-state index contributed by atoms with van der Waals surface area (Å²) in [6.45, 7) is 8.09. The van der Waals surface area contributed by atoms with E-state index < -0.39 is 0 Å². The molecule has 0 amide bonds. The summed E-state index contributed by atoms with van der Waals surface area (Å²) in [5, 5.41) is 0. The Labute approximate surface area is 121 Å². The van der Waals surface area contributed by atoms with Gasteiger partial charge in [0.05, 0.1) is 0 Å². The Kier molecular flexibility index (Phi) is 4.32. The Morgan fingerprint density at radius 2 is 2.15 bits per heavy atom. The summed E-state index contributed by atoms with van der Waals surface area (Å²) in [6, 6.07) is 5.76. The minimum absolute atomic E-state index is 0.0887. The summed E-state index contributed by atoms with van der Waals surface area (Å²) in [5.74, 6) is 0.953. The van der Waals surface area contributed by atoms with Crippen molar-refractivity contribution in [2.24, 2.45) is 5.41 Å². The van der Waals surface area contributed by atoms with E-state index in [2.05, 4.69) is 13.8 Å². The molecule has 0 N–H and O–H groups in total. The Balaban J connectivity index is 2.25. The average Bonchev–Trinajstić information content (AvgIpc) is 2.69. The van der Waals surface area contributed by atoms with Crippen molar-refractivity contribution in [2.75, 3.05) is 0 Å². The number of rotatable bonds is 4. The Morgan fingerprint density at radius 1 is 1.40 bits per heavy atom. The first-order valence-electron chi connectivity index (χ1n) is 7.38. The Morgan fingerprint density at radius 3 is 2.70 bits per heavy atom. The van der Waals surface area contributed by atoms with Crippen molar-refractivity contribution in [3.63, 3.8) is 0 Å². The zero-order valence-corrected chi connectivity index (χ0v) is 12.9. The van der Waals surface area contributed by atoms with E-state index in [0.717, 1.165) is 23.3 Å². The molecule has 20 heavy (non-hydrogen) atoms. The molecular formula is C18H24O2. The van der Waals surface area contributed by atoms with Crippen molar-refractivity contribution in [2.45, 2.75) is 53.1 Å². The second-order valence-corrected chi connectivity index (χ2v) is 6.29. The molecule has 0 aromatic heterocycles. The van der Waals surface area contributed by atoms with Crippen molar-refractivity contribution in [3.8, 4) is 5.75 Å². The van der Waals surface area contributed by atoms with E-state index in [4.69, 9.17) is 4.74 Å². The molecule has 1 aromatic rings. The van der Waals surface area contributed by atoms with Gasteiger partial charge in [-0.05, 0) is 56.9 Å². The molecule has 1 fully saturated rings. The van der Waals surface area contributed by atoms with Crippen LogP contribution < -0.4 is 4.74 Å². The van der Waals surface area contributed by atoms with Gasteiger partial charge in [-0.1, -0.05) is 26.0 Å². The molecule has 1 aromatic carbocycles. The van der Waals surface area contributed by atoms with Gasteiger partial charge in [0.25, 0.3) is 0 Å². The lowest BCUT2D eigenvalue weighted by Crippen LogP contribution is -2.28.